The summed E-state index contributed by atoms with van der Waals surface area (Å²) in [5, 5.41) is 3.76. The molecule has 0 aliphatic carbocycles. The van der Waals surface area contributed by atoms with E-state index >= 15 is 0 Å². The first-order valence-electron chi connectivity index (χ1n) is 6.80. The molecule has 2 rings (SSSR count). The Morgan fingerprint density at radius 3 is 2.83 bits per heavy atom. The lowest BCUT2D eigenvalue weighted by atomic mass is 9.95. The summed E-state index contributed by atoms with van der Waals surface area (Å²) in [6.45, 7) is 6.32. The van der Waals surface area contributed by atoms with Gasteiger partial charge in [-0.1, -0.05) is 41.1 Å². The van der Waals surface area contributed by atoms with Gasteiger partial charge in [-0.3, -0.25) is 0 Å². The highest BCUT2D eigenvalue weighted by atomic mass is 79.9. The van der Waals surface area contributed by atoms with Crippen LogP contribution in [0, 0.1) is 5.92 Å². The second kappa shape index (κ2) is 6.69. The Labute approximate surface area is 118 Å². The van der Waals surface area contributed by atoms with Gasteiger partial charge in [-0.2, -0.15) is 0 Å². The van der Waals surface area contributed by atoms with Crippen molar-refractivity contribution in [3.63, 3.8) is 0 Å². The van der Waals surface area contributed by atoms with Gasteiger partial charge in [0.25, 0.3) is 0 Å². The molecule has 3 atom stereocenters. The largest absolute Gasteiger partial charge is 0.381 e. The lowest BCUT2D eigenvalue weighted by Crippen LogP contribution is -2.37. The highest BCUT2D eigenvalue weighted by Gasteiger charge is 2.25. The van der Waals surface area contributed by atoms with Crippen LogP contribution < -0.4 is 5.32 Å². The molecular formula is C15H22BrNO. The smallest absolute Gasteiger partial charge is 0.0510 e. The van der Waals surface area contributed by atoms with Crippen molar-refractivity contribution >= 4 is 15.9 Å². The summed E-state index contributed by atoms with van der Waals surface area (Å²) in [5.74, 6) is 0.667. The minimum atomic E-state index is 0.367. The number of nitrogens with one attached hydrogen (secondary N) is 1. The zero-order valence-corrected chi connectivity index (χ0v) is 12.7. The summed E-state index contributed by atoms with van der Waals surface area (Å²) in [6.07, 6.45) is 2.34. The van der Waals surface area contributed by atoms with Crippen molar-refractivity contribution in [1.82, 2.24) is 5.32 Å². The summed E-state index contributed by atoms with van der Waals surface area (Å²) in [7, 11) is 0. The van der Waals surface area contributed by atoms with Gasteiger partial charge in [0.2, 0.25) is 0 Å². The Bertz CT molecular complexity index is 377. The van der Waals surface area contributed by atoms with E-state index in [1.807, 2.05) is 0 Å². The molecule has 0 aromatic heterocycles. The van der Waals surface area contributed by atoms with E-state index < -0.39 is 0 Å². The summed E-state index contributed by atoms with van der Waals surface area (Å²) in [4.78, 5) is 0. The predicted molar refractivity (Wildman–Crippen MR) is 78.7 cm³/mol. The number of rotatable bonds is 5. The fourth-order valence-corrected chi connectivity index (χ4v) is 3.32. The molecule has 0 saturated carbocycles. The number of halogens is 1. The van der Waals surface area contributed by atoms with Crippen molar-refractivity contribution in [2.45, 2.75) is 38.8 Å². The SMILES string of the molecule is CCC(NC(C)c1ccccc1Br)C1CCOC1. The predicted octanol–water partition coefficient (Wildman–Crippen LogP) is 3.91. The van der Waals surface area contributed by atoms with Gasteiger partial charge in [-0.15, -0.1) is 0 Å². The third kappa shape index (κ3) is 3.34. The van der Waals surface area contributed by atoms with Crippen LogP contribution in [0.4, 0.5) is 0 Å². The van der Waals surface area contributed by atoms with Gasteiger partial charge in [0, 0.05) is 23.2 Å². The zero-order chi connectivity index (χ0) is 13.0. The molecular weight excluding hydrogens is 290 g/mol. The fraction of sp³-hybridized carbons (Fsp3) is 0.600. The first-order valence-corrected chi connectivity index (χ1v) is 7.60. The highest BCUT2D eigenvalue weighted by Crippen LogP contribution is 2.26. The van der Waals surface area contributed by atoms with Gasteiger partial charge in [0.15, 0.2) is 0 Å². The molecule has 3 unspecified atom stereocenters. The summed E-state index contributed by atoms with van der Waals surface area (Å²) in [5.41, 5.74) is 1.33. The number of hydrogen-bond acceptors (Lipinski definition) is 2. The van der Waals surface area contributed by atoms with Crippen LogP contribution in [0.3, 0.4) is 0 Å². The molecule has 1 saturated heterocycles. The van der Waals surface area contributed by atoms with Crippen molar-refractivity contribution in [2.24, 2.45) is 5.92 Å². The average Bonchev–Trinajstić information content (AvgIpc) is 2.90. The molecule has 1 aliphatic rings. The summed E-state index contributed by atoms with van der Waals surface area (Å²) < 4.78 is 6.68. The Hall–Kier alpha value is -0.380. The molecule has 18 heavy (non-hydrogen) atoms. The number of benzene rings is 1. The van der Waals surface area contributed by atoms with E-state index in [1.54, 1.807) is 0 Å². The van der Waals surface area contributed by atoms with Crippen molar-refractivity contribution < 1.29 is 4.74 Å². The maximum absolute atomic E-state index is 5.50. The van der Waals surface area contributed by atoms with Gasteiger partial charge in [0.05, 0.1) is 6.61 Å². The van der Waals surface area contributed by atoms with Crippen LogP contribution in [-0.4, -0.2) is 19.3 Å². The van der Waals surface area contributed by atoms with E-state index in [-0.39, 0.29) is 0 Å². The Kier molecular flexibility index (Phi) is 5.22. The molecule has 1 fully saturated rings. The van der Waals surface area contributed by atoms with E-state index in [9.17, 15) is 0 Å². The monoisotopic (exact) mass is 311 g/mol. The molecule has 100 valence electrons. The van der Waals surface area contributed by atoms with E-state index in [0.29, 0.717) is 18.0 Å². The lowest BCUT2D eigenvalue weighted by molar-refractivity contribution is 0.174. The first-order chi connectivity index (χ1) is 8.72. The topological polar surface area (TPSA) is 21.3 Å². The Morgan fingerprint density at radius 1 is 1.44 bits per heavy atom. The first kappa shape index (κ1) is 14.0. The standard InChI is InChI=1S/C15H22BrNO/c1-3-15(12-8-9-18-10-12)17-11(2)13-6-4-5-7-14(13)16/h4-7,11-12,15,17H,3,8-10H2,1-2H3. The van der Waals surface area contributed by atoms with Crippen molar-refractivity contribution in [1.29, 1.82) is 0 Å². The lowest BCUT2D eigenvalue weighted by Gasteiger charge is -2.27. The molecule has 0 bridgehead atoms. The summed E-state index contributed by atoms with van der Waals surface area (Å²) in [6, 6.07) is 9.35. The van der Waals surface area contributed by atoms with Gasteiger partial charge in [0.1, 0.15) is 0 Å². The molecule has 2 nitrogen and oxygen atoms in total. The molecule has 0 radical (unpaired) electrons. The Morgan fingerprint density at radius 2 is 2.22 bits per heavy atom. The Balaban J connectivity index is 2.00. The van der Waals surface area contributed by atoms with Gasteiger partial charge >= 0.3 is 0 Å². The van der Waals surface area contributed by atoms with Crippen LogP contribution in [-0.2, 0) is 4.74 Å². The van der Waals surface area contributed by atoms with E-state index in [1.165, 1.54) is 16.5 Å². The van der Waals surface area contributed by atoms with Crippen molar-refractivity contribution in [3.8, 4) is 0 Å². The number of hydrogen-bond donors (Lipinski definition) is 1. The maximum atomic E-state index is 5.50. The molecule has 3 heteroatoms. The van der Waals surface area contributed by atoms with Crippen molar-refractivity contribution in [3.05, 3.63) is 34.3 Å². The third-order valence-electron chi connectivity index (χ3n) is 3.81. The molecule has 1 aliphatic heterocycles. The molecule has 1 aromatic carbocycles. The highest BCUT2D eigenvalue weighted by molar-refractivity contribution is 9.10. The van der Waals surface area contributed by atoms with Crippen LogP contribution >= 0.6 is 15.9 Å². The fourth-order valence-electron chi connectivity index (χ4n) is 2.69. The van der Waals surface area contributed by atoms with Crippen LogP contribution in [0.25, 0.3) is 0 Å². The van der Waals surface area contributed by atoms with Gasteiger partial charge < -0.3 is 10.1 Å². The summed E-state index contributed by atoms with van der Waals surface area (Å²) >= 11 is 3.63. The normalized spacial score (nSPS) is 22.9. The van der Waals surface area contributed by atoms with Crippen LogP contribution in [0.2, 0.25) is 0 Å². The van der Waals surface area contributed by atoms with Gasteiger partial charge in [-0.05, 0) is 37.3 Å². The van der Waals surface area contributed by atoms with E-state index in [2.05, 4.69) is 59.4 Å². The molecule has 1 aromatic rings. The van der Waals surface area contributed by atoms with Crippen molar-refractivity contribution in [2.75, 3.05) is 13.2 Å². The third-order valence-corrected chi connectivity index (χ3v) is 4.53. The van der Waals surface area contributed by atoms with Crippen LogP contribution in [0.5, 0.6) is 0 Å². The van der Waals surface area contributed by atoms with E-state index in [0.717, 1.165) is 19.6 Å². The second-order valence-electron chi connectivity index (χ2n) is 5.05. The maximum Gasteiger partial charge on any atom is 0.0510 e. The van der Waals surface area contributed by atoms with Crippen LogP contribution in [0.1, 0.15) is 38.3 Å². The quantitative estimate of drug-likeness (QED) is 0.890. The second-order valence-corrected chi connectivity index (χ2v) is 5.90. The molecule has 1 heterocycles. The molecule has 1 N–H and O–H groups in total. The van der Waals surface area contributed by atoms with Crippen LogP contribution in [0.15, 0.2) is 28.7 Å². The number of ether oxygens (including phenoxy) is 1. The molecule has 0 amide bonds. The minimum Gasteiger partial charge on any atom is -0.381 e. The average molecular weight is 312 g/mol. The van der Waals surface area contributed by atoms with Gasteiger partial charge in [-0.25, -0.2) is 0 Å². The minimum absolute atomic E-state index is 0.367. The molecule has 0 spiro atoms. The van der Waals surface area contributed by atoms with E-state index in [4.69, 9.17) is 4.74 Å². The zero-order valence-electron chi connectivity index (χ0n) is 11.2.